The predicted molar refractivity (Wildman–Crippen MR) is 112 cm³/mol. The largest absolute Gasteiger partial charge is 0.497 e. The Labute approximate surface area is 165 Å². The van der Waals surface area contributed by atoms with E-state index in [4.69, 9.17) is 9.47 Å². The first-order chi connectivity index (χ1) is 13.7. The summed E-state index contributed by atoms with van der Waals surface area (Å²) in [7, 11) is 1.67. The highest BCUT2D eigenvalue weighted by atomic mass is 16.5. The Morgan fingerprint density at radius 2 is 1.61 bits per heavy atom. The average Bonchev–Trinajstić information content (AvgIpc) is 3.16. The maximum Gasteiger partial charge on any atom is 0.121 e. The summed E-state index contributed by atoms with van der Waals surface area (Å²) >= 11 is 0. The molecule has 4 heteroatoms. The topological polar surface area (TPSA) is 36.3 Å². The van der Waals surface area contributed by atoms with Gasteiger partial charge in [0, 0.05) is 6.54 Å². The highest BCUT2D eigenvalue weighted by Gasteiger charge is 2.08. The van der Waals surface area contributed by atoms with Crippen LogP contribution >= 0.6 is 0 Å². The van der Waals surface area contributed by atoms with E-state index in [0.29, 0.717) is 0 Å². The summed E-state index contributed by atoms with van der Waals surface area (Å²) in [5.74, 6) is 1.73. The maximum atomic E-state index is 6.08. The Hall–Kier alpha value is -3.27. The lowest BCUT2D eigenvalue weighted by atomic mass is 10.1. The van der Waals surface area contributed by atoms with E-state index in [9.17, 15) is 0 Å². The number of aryl methyl sites for hydroxylation is 2. The molecule has 0 spiro atoms. The van der Waals surface area contributed by atoms with Crippen LogP contribution < -0.4 is 9.47 Å². The fraction of sp³-hybridized carbons (Fsp3) is 0.208. The van der Waals surface area contributed by atoms with E-state index < -0.39 is 0 Å². The molecule has 0 saturated carbocycles. The van der Waals surface area contributed by atoms with E-state index in [0.717, 1.165) is 35.5 Å². The van der Waals surface area contributed by atoms with Crippen LogP contribution in [-0.4, -0.2) is 16.7 Å². The second-order valence-electron chi connectivity index (χ2n) is 6.85. The Bertz CT molecular complexity index is 1040. The molecule has 1 atom stereocenters. The zero-order chi connectivity index (χ0) is 19.3. The lowest BCUT2D eigenvalue weighted by Gasteiger charge is -2.16. The van der Waals surface area contributed by atoms with Gasteiger partial charge in [-0.25, -0.2) is 4.98 Å². The third-order valence-corrected chi connectivity index (χ3v) is 4.99. The molecule has 4 nitrogen and oxygen atoms in total. The number of nitrogens with zero attached hydrogens (tertiary/aromatic N) is 2. The van der Waals surface area contributed by atoms with Crippen molar-refractivity contribution in [2.45, 2.75) is 26.0 Å². The van der Waals surface area contributed by atoms with Crippen molar-refractivity contribution in [3.05, 3.63) is 90.3 Å². The normalized spacial score (nSPS) is 12.1. The molecule has 0 N–H and O–H groups in total. The van der Waals surface area contributed by atoms with Crippen molar-refractivity contribution in [3.63, 3.8) is 0 Å². The number of fused-ring (bicyclic) bond motifs is 1. The predicted octanol–water partition coefficient (Wildman–Crippen LogP) is 5.43. The zero-order valence-electron chi connectivity index (χ0n) is 16.2. The number of benzene rings is 3. The van der Waals surface area contributed by atoms with Gasteiger partial charge in [-0.3, -0.25) is 0 Å². The molecule has 142 valence electrons. The first-order valence-electron chi connectivity index (χ1n) is 9.52. The van der Waals surface area contributed by atoms with Crippen LogP contribution in [-0.2, 0) is 13.0 Å². The Kier molecular flexibility index (Phi) is 5.29. The van der Waals surface area contributed by atoms with Gasteiger partial charge in [-0.05, 0) is 60.9 Å². The molecule has 4 aromatic rings. The number of imidazole rings is 1. The van der Waals surface area contributed by atoms with Gasteiger partial charge in [-0.15, -0.1) is 0 Å². The second kappa shape index (κ2) is 8.17. The van der Waals surface area contributed by atoms with Crippen LogP contribution in [0, 0.1) is 0 Å². The number of aromatic nitrogens is 2. The SMILES string of the molecule is COc1ccc(C(C)Oc2ccc(CCn3cnc4ccccc43)cc2)cc1. The summed E-state index contributed by atoms with van der Waals surface area (Å²) in [5.41, 5.74) is 4.62. The minimum absolute atomic E-state index is 0.0194. The van der Waals surface area contributed by atoms with Crippen LogP contribution in [0.2, 0.25) is 0 Å². The first-order valence-corrected chi connectivity index (χ1v) is 9.52. The van der Waals surface area contributed by atoms with Crippen molar-refractivity contribution in [3.8, 4) is 11.5 Å². The van der Waals surface area contributed by atoms with Crippen LogP contribution in [0.4, 0.5) is 0 Å². The van der Waals surface area contributed by atoms with Crippen LogP contribution in [0.25, 0.3) is 11.0 Å². The Morgan fingerprint density at radius 1 is 0.893 bits per heavy atom. The number of rotatable bonds is 7. The molecular formula is C24H24N2O2. The standard InChI is InChI=1S/C24H24N2O2/c1-18(20-9-13-21(27-2)14-10-20)28-22-11-7-19(8-12-22)15-16-26-17-25-23-5-3-4-6-24(23)26/h3-14,17-18H,15-16H2,1-2H3. The molecule has 0 fully saturated rings. The van der Waals surface area contributed by atoms with Crippen LogP contribution in [0.3, 0.4) is 0 Å². The van der Waals surface area contributed by atoms with E-state index in [2.05, 4.69) is 40.7 Å². The summed E-state index contributed by atoms with van der Waals surface area (Å²) < 4.78 is 13.5. The molecule has 0 aliphatic rings. The zero-order valence-corrected chi connectivity index (χ0v) is 16.2. The first kappa shape index (κ1) is 18.1. The molecule has 0 saturated heterocycles. The van der Waals surface area contributed by atoms with Crippen molar-refractivity contribution in [1.29, 1.82) is 0 Å². The minimum atomic E-state index is -0.0194. The highest BCUT2D eigenvalue weighted by molar-refractivity contribution is 5.74. The van der Waals surface area contributed by atoms with Gasteiger partial charge in [-0.2, -0.15) is 0 Å². The summed E-state index contributed by atoms with van der Waals surface area (Å²) in [5, 5.41) is 0. The lowest BCUT2D eigenvalue weighted by Crippen LogP contribution is -2.03. The third kappa shape index (κ3) is 4.01. The molecule has 4 rings (SSSR count). The van der Waals surface area contributed by atoms with Gasteiger partial charge in [0.25, 0.3) is 0 Å². The summed E-state index contributed by atoms with van der Waals surface area (Å²) in [6.07, 6.45) is 2.85. The summed E-state index contributed by atoms with van der Waals surface area (Å²) in [6.45, 7) is 2.96. The van der Waals surface area contributed by atoms with E-state index in [1.54, 1.807) is 7.11 Å². The van der Waals surface area contributed by atoms with E-state index in [1.165, 1.54) is 11.1 Å². The average molecular weight is 372 g/mol. The minimum Gasteiger partial charge on any atom is -0.497 e. The molecular weight excluding hydrogens is 348 g/mol. The summed E-state index contributed by atoms with van der Waals surface area (Å²) in [6, 6.07) is 24.6. The van der Waals surface area contributed by atoms with E-state index in [1.807, 2.05) is 54.9 Å². The molecule has 1 aromatic heterocycles. The molecule has 0 amide bonds. The third-order valence-electron chi connectivity index (χ3n) is 4.99. The van der Waals surface area contributed by atoms with Crippen molar-refractivity contribution >= 4 is 11.0 Å². The molecule has 0 aliphatic carbocycles. The van der Waals surface area contributed by atoms with Gasteiger partial charge < -0.3 is 14.0 Å². The Morgan fingerprint density at radius 3 is 2.36 bits per heavy atom. The van der Waals surface area contributed by atoms with Gasteiger partial charge in [0.15, 0.2) is 0 Å². The number of hydrogen-bond donors (Lipinski definition) is 0. The van der Waals surface area contributed by atoms with Gasteiger partial charge in [-0.1, -0.05) is 36.4 Å². The number of methoxy groups -OCH3 is 1. The Balaban J connectivity index is 1.36. The van der Waals surface area contributed by atoms with Crippen LogP contribution in [0.1, 0.15) is 24.2 Å². The molecule has 1 unspecified atom stereocenters. The van der Waals surface area contributed by atoms with Crippen LogP contribution in [0.5, 0.6) is 11.5 Å². The second-order valence-corrected chi connectivity index (χ2v) is 6.85. The maximum absolute atomic E-state index is 6.08. The van der Waals surface area contributed by atoms with Crippen molar-refractivity contribution in [2.24, 2.45) is 0 Å². The fourth-order valence-corrected chi connectivity index (χ4v) is 3.32. The van der Waals surface area contributed by atoms with Gasteiger partial charge >= 0.3 is 0 Å². The number of para-hydroxylation sites is 2. The molecule has 1 heterocycles. The molecule has 0 aliphatic heterocycles. The quantitative estimate of drug-likeness (QED) is 0.434. The van der Waals surface area contributed by atoms with Crippen molar-refractivity contribution in [2.75, 3.05) is 7.11 Å². The number of hydrogen-bond acceptors (Lipinski definition) is 3. The monoisotopic (exact) mass is 372 g/mol. The van der Waals surface area contributed by atoms with E-state index in [-0.39, 0.29) is 6.10 Å². The highest BCUT2D eigenvalue weighted by Crippen LogP contribution is 2.24. The molecule has 0 bridgehead atoms. The smallest absolute Gasteiger partial charge is 0.121 e. The van der Waals surface area contributed by atoms with Gasteiger partial charge in [0.2, 0.25) is 0 Å². The molecule has 0 radical (unpaired) electrons. The van der Waals surface area contributed by atoms with Crippen molar-refractivity contribution < 1.29 is 9.47 Å². The fourth-order valence-electron chi connectivity index (χ4n) is 3.32. The van der Waals surface area contributed by atoms with Gasteiger partial charge in [0.05, 0.1) is 24.5 Å². The molecule has 28 heavy (non-hydrogen) atoms. The molecule has 3 aromatic carbocycles. The lowest BCUT2D eigenvalue weighted by molar-refractivity contribution is 0.227. The van der Waals surface area contributed by atoms with Crippen molar-refractivity contribution in [1.82, 2.24) is 9.55 Å². The van der Waals surface area contributed by atoms with Gasteiger partial charge in [0.1, 0.15) is 17.6 Å². The van der Waals surface area contributed by atoms with Crippen LogP contribution in [0.15, 0.2) is 79.1 Å². The summed E-state index contributed by atoms with van der Waals surface area (Å²) in [4.78, 5) is 4.45. The number of ether oxygens (including phenoxy) is 2. The van der Waals surface area contributed by atoms with E-state index >= 15 is 0 Å².